The Hall–Kier alpha value is -8.26. The highest BCUT2D eigenvalue weighted by molar-refractivity contribution is 5.55. The second-order valence-electron chi connectivity index (χ2n) is 20.2. The molecule has 11 rings (SSSR count). The number of rotatable bonds is 24. The minimum atomic E-state index is -1.38. The lowest BCUT2D eigenvalue weighted by Gasteiger charge is -2.47. The third kappa shape index (κ3) is 14.4. The first kappa shape index (κ1) is 54.7. The maximum absolute atomic E-state index is 13.4. The van der Waals surface area contributed by atoms with Gasteiger partial charge in [0.15, 0.2) is 23.9 Å². The van der Waals surface area contributed by atoms with Gasteiger partial charge in [-0.05, 0) is 63.6 Å². The molecule has 2 heterocycles. The summed E-state index contributed by atoms with van der Waals surface area (Å²) >= 11 is 0. The largest absolute Gasteiger partial charge is 0.489 e. The van der Waals surface area contributed by atoms with Gasteiger partial charge >= 0.3 is 0 Å². The highest BCUT2D eigenvalue weighted by Crippen LogP contribution is 2.51. The van der Waals surface area contributed by atoms with Crippen LogP contribution in [0.4, 0.5) is 0 Å². The van der Waals surface area contributed by atoms with Gasteiger partial charge in [0, 0.05) is 12.1 Å². The van der Waals surface area contributed by atoms with Crippen LogP contribution in [0, 0.1) is 0 Å². The number of benzene rings is 9. The molecule has 0 amide bonds. The van der Waals surface area contributed by atoms with E-state index in [1.807, 2.05) is 237 Å². The molecule has 1 N–H and O–H groups in total. The molecular weight excluding hydrogens is 1020 g/mol. The zero-order valence-corrected chi connectivity index (χ0v) is 45.2. The molecule has 9 aromatic carbocycles. The molecule has 0 aliphatic carbocycles. The number of hydrogen-bond acceptors (Lipinski definition) is 11. The van der Waals surface area contributed by atoms with Crippen LogP contribution in [-0.4, -0.2) is 41.9 Å². The lowest BCUT2D eigenvalue weighted by Crippen LogP contribution is -2.61. The van der Waals surface area contributed by atoms with Gasteiger partial charge in [0.05, 0.1) is 31.5 Å². The van der Waals surface area contributed by atoms with Crippen molar-refractivity contribution in [3.05, 3.63) is 293 Å². The quantitative estimate of drug-likeness (QED) is 0.0624. The predicted molar refractivity (Wildman–Crippen MR) is 309 cm³/mol. The Kier molecular flexibility index (Phi) is 18.4. The van der Waals surface area contributed by atoms with Crippen molar-refractivity contribution in [2.75, 3.05) is 0 Å². The molecule has 0 radical (unpaired) electrons. The molecule has 2 aliphatic heterocycles. The number of hydrogen-bond donors (Lipinski definition) is 1. The van der Waals surface area contributed by atoms with Gasteiger partial charge in [0.25, 0.3) is 0 Å². The summed E-state index contributed by atoms with van der Waals surface area (Å²) in [4.78, 5) is 0. The minimum Gasteiger partial charge on any atom is -0.489 e. The fourth-order valence-corrected chi connectivity index (χ4v) is 10.1. The van der Waals surface area contributed by atoms with E-state index in [9.17, 15) is 5.11 Å². The Labute approximate surface area is 474 Å². The first-order valence-corrected chi connectivity index (χ1v) is 27.6. The van der Waals surface area contributed by atoms with Crippen LogP contribution < -0.4 is 23.7 Å². The van der Waals surface area contributed by atoms with Crippen molar-refractivity contribution < 1.29 is 52.5 Å². The van der Waals surface area contributed by atoms with Crippen molar-refractivity contribution in [2.45, 2.75) is 102 Å². The van der Waals surface area contributed by atoms with Crippen molar-refractivity contribution in [3.8, 4) is 28.7 Å². The molecule has 0 spiro atoms. The summed E-state index contributed by atoms with van der Waals surface area (Å²) in [6.07, 6.45) is -7.51. The van der Waals surface area contributed by atoms with E-state index in [-0.39, 0.29) is 33.0 Å². The Morgan fingerprint density at radius 2 is 0.765 bits per heavy atom. The Bertz CT molecular complexity index is 3320. The van der Waals surface area contributed by atoms with Crippen molar-refractivity contribution >= 4 is 0 Å². The van der Waals surface area contributed by atoms with E-state index in [0.29, 0.717) is 53.1 Å². The Morgan fingerprint density at radius 3 is 1.23 bits per heavy atom. The smallest absolute Gasteiger partial charge is 0.187 e. The van der Waals surface area contributed by atoms with Gasteiger partial charge in [-0.25, -0.2) is 0 Å². The lowest BCUT2D eigenvalue weighted by atomic mass is 9.90. The van der Waals surface area contributed by atoms with E-state index in [1.54, 1.807) is 12.1 Å². The van der Waals surface area contributed by atoms with E-state index < -0.39 is 49.0 Å². The first-order chi connectivity index (χ1) is 40.0. The van der Waals surface area contributed by atoms with Gasteiger partial charge in [-0.3, -0.25) is 0 Å². The van der Waals surface area contributed by atoms with E-state index in [0.717, 1.165) is 38.9 Å². The molecular formula is C70H66O11. The number of fused-ring (bicyclic) bond motifs is 1. The van der Waals surface area contributed by atoms with Crippen molar-refractivity contribution in [2.24, 2.45) is 0 Å². The average molecular weight is 1080 g/mol. The summed E-state index contributed by atoms with van der Waals surface area (Å²) in [5.41, 5.74) is 7.82. The summed E-state index contributed by atoms with van der Waals surface area (Å²) in [7, 11) is 0. The first-order valence-electron chi connectivity index (χ1n) is 27.6. The van der Waals surface area contributed by atoms with E-state index in [4.69, 9.17) is 47.4 Å². The van der Waals surface area contributed by atoms with Crippen molar-refractivity contribution in [1.82, 2.24) is 0 Å². The second-order valence-corrected chi connectivity index (χ2v) is 20.2. The zero-order chi connectivity index (χ0) is 55.0. The monoisotopic (exact) mass is 1080 g/mol. The summed E-state index contributed by atoms with van der Waals surface area (Å²) in [5.74, 6) is 2.20. The molecule has 0 unspecified atom stereocenters. The molecule has 11 heteroatoms. The molecule has 81 heavy (non-hydrogen) atoms. The van der Waals surface area contributed by atoms with Crippen LogP contribution in [0.1, 0.15) is 69.2 Å². The predicted octanol–water partition coefficient (Wildman–Crippen LogP) is 14.1. The SMILES string of the molecule is C[C@@H]1O[C@@H](O[C@@H]2[C@@H](c3ccc(OCc4ccccc4)c(OCc4ccccc4)c3)Oc3cc(OCc4ccccc4)cc(OCc4ccccc4)c3[C@@H]2O)[C@H](OCc2ccccc2)[C@H](OCc2ccccc2)[C@H]1OCc1ccccc1. The molecule has 2 aliphatic rings. The van der Waals surface area contributed by atoms with Gasteiger partial charge in [0.1, 0.15) is 74.2 Å². The van der Waals surface area contributed by atoms with Gasteiger partial charge in [-0.15, -0.1) is 0 Å². The standard InChI is InChI=1S/C70H66O11/c1-49-65(76-46-54-31-17-6-18-32-54)68(77-47-55-33-19-7-20-34-55)69(78-48-56-35-21-8-22-36-56)70(79-49)81-67-64(71)63-61(75-45-53-29-15-5-16-30-53)40-58(72-42-50-23-9-2-10-24-50)41-62(63)80-66(67)57-37-38-59(73-43-51-25-11-3-12-26-51)60(39-57)74-44-52-27-13-4-14-28-52/h2-41,49,64-71H,42-48H2,1H3/t49-,64-,65-,66+,67-,68+,69+,70-/m0/s1. The van der Waals surface area contributed by atoms with E-state index in [2.05, 4.69) is 0 Å². The molecule has 0 bridgehead atoms. The van der Waals surface area contributed by atoms with Crippen LogP contribution in [0.5, 0.6) is 28.7 Å². The maximum Gasteiger partial charge on any atom is 0.187 e. The fourth-order valence-electron chi connectivity index (χ4n) is 10.1. The summed E-state index contributed by atoms with van der Waals surface area (Å²) in [5, 5.41) is 13.4. The van der Waals surface area contributed by atoms with E-state index >= 15 is 0 Å². The Morgan fingerprint density at radius 1 is 0.370 bits per heavy atom. The highest BCUT2D eigenvalue weighted by Gasteiger charge is 2.51. The highest BCUT2D eigenvalue weighted by atomic mass is 16.7. The number of ether oxygens (including phenoxy) is 10. The van der Waals surface area contributed by atoms with E-state index in [1.165, 1.54) is 0 Å². The molecule has 1 fully saturated rings. The van der Waals surface area contributed by atoms with Crippen LogP contribution in [0.25, 0.3) is 0 Å². The molecule has 8 atom stereocenters. The Balaban J connectivity index is 1.00. The average Bonchev–Trinajstić information content (AvgIpc) is 3.52. The van der Waals surface area contributed by atoms with Gasteiger partial charge in [0.2, 0.25) is 0 Å². The fraction of sp³-hybridized carbons (Fsp3) is 0.229. The van der Waals surface area contributed by atoms with Gasteiger partial charge in [-0.2, -0.15) is 0 Å². The third-order valence-electron chi connectivity index (χ3n) is 14.4. The molecule has 11 nitrogen and oxygen atoms in total. The summed E-state index contributed by atoms with van der Waals surface area (Å²) in [6, 6.07) is 79.0. The maximum atomic E-state index is 13.4. The summed E-state index contributed by atoms with van der Waals surface area (Å²) in [6.45, 7) is 3.77. The minimum absolute atomic E-state index is 0.200. The van der Waals surface area contributed by atoms with Crippen LogP contribution in [0.3, 0.4) is 0 Å². The molecule has 0 aromatic heterocycles. The molecule has 412 valence electrons. The number of aliphatic hydroxyl groups excluding tert-OH is 1. The van der Waals surface area contributed by atoms with Gasteiger partial charge in [-0.1, -0.05) is 218 Å². The number of aliphatic hydroxyl groups is 1. The second kappa shape index (κ2) is 27.3. The van der Waals surface area contributed by atoms with Crippen molar-refractivity contribution in [3.63, 3.8) is 0 Å². The van der Waals surface area contributed by atoms with Crippen LogP contribution in [0.15, 0.2) is 243 Å². The topological polar surface area (TPSA) is 113 Å². The molecule has 0 saturated carbocycles. The zero-order valence-electron chi connectivity index (χ0n) is 45.2. The molecule has 9 aromatic rings. The van der Waals surface area contributed by atoms with Crippen LogP contribution >= 0.6 is 0 Å². The van der Waals surface area contributed by atoms with Gasteiger partial charge < -0.3 is 52.5 Å². The summed E-state index contributed by atoms with van der Waals surface area (Å²) < 4.78 is 68.8. The van der Waals surface area contributed by atoms with Crippen LogP contribution in [-0.2, 0) is 69.9 Å². The normalized spacial score (nSPS) is 20.3. The van der Waals surface area contributed by atoms with Crippen molar-refractivity contribution in [1.29, 1.82) is 0 Å². The molecule has 1 saturated heterocycles. The lowest BCUT2D eigenvalue weighted by molar-refractivity contribution is -0.340. The third-order valence-corrected chi connectivity index (χ3v) is 14.4. The van der Waals surface area contributed by atoms with Crippen LogP contribution in [0.2, 0.25) is 0 Å².